The average molecular weight is 473 g/mol. The number of aliphatic hydroxyl groups is 2. The van der Waals surface area contributed by atoms with Crippen LogP contribution < -0.4 is 5.32 Å². The molecule has 5 rings (SSSR count). The van der Waals surface area contributed by atoms with Gasteiger partial charge in [0.2, 0.25) is 0 Å². The van der Waals surface area contributed by atoms with Crippen molar-refractivity contribution in [1.29, 1.82) is 0 Å². The zero-order valence-corrected chi connectivity index (χ0v) is 19.3. The van der Waals surface area contributed by atoms with Crippen molar-refractivity contribution in [1.82, 2.24) is 24.4 Å². The van der Waals surface area contributed by atoms with Crippen LogP contribution in [0.4, 0.5) is 5.82 Å². The van der Waals surface area contributed by atoms with E-state index in [-0.39, 0.29) is 0 Å². The number of nitrogens with one attached hydrogen (secondary N) is 1. The van der Waals surface area contributed by atoms with Crippen LogP contribution in [0.15, 0.2) is 36.9 Å². The quantitative estimate of drug-likeness (QED) is 0.502. The van der Waals surface area contributed by atoms with E-state index in [0.29, 0.717) is 35.1 Å². The average Bonchev–Trinajstić information content (AvgIpc) is 3.36. The maximum absolute atomic E-state index is 10.8. The molecule has 10 heteroatoms. The van der Waals surface area contributed by atoms with Crippen LogP contribution in [0.1, 0.15) is 31.6 Å². The molecule has 3 N–H and O–H groups in total. The van der Waals surface area contributed by atoms with Crippen molar-refractivity contribution in [3.63, 3.8) is 0 Å². The minimum absolute atomic E-state index is 0.474. The molecule has 2 fully saturated rings. The Balaban J connectivity index is 1.32. The number of likely N-dealkylation sites (tertiary alicyclic amines) is 1. The van der Waals surface area contributed by atoms with Gasteiger partial charge in [0.25, 0.3) is 0 Å². The van der Waals surface area contributed by atoms with Gasteiger partial charge in [-0.05, 0) is 49.5 Å². The SMILES string of the molecule is CC1CCN(C[C@H]2O[C@@H](n3cnc4c(NCc5cccc(Cl)c5)ncnc43)[C@H](O)[C@@H]2O)CC1. The molecule has 1 aromatic carbocycles. The van der Waals surface area contributed by atoms with E-state index >= 15 is 0 Å². The maximum Gasteiger partial charge on any atom is 0.167 e. The Kier molecular flexibility index (Phi) is 6.49. The Labute approximate surface area is 197 Å². The van der Waals surface area contributed by atoms with E-state index < -0.39 is 24.5 Å². The highest BCUT2D eigenvalue weighted by Crippen LogP contribution is 2.33. The molecule has 2 saturated heterocycles. The molecule has 3 aromatic rings. The molecule has 9 nitrogen and oxygen atoms in total. The number of aromatic nitrogens is 4. The Morgan fingerprint density at radius 3 is 2.76 bits per heavy atom. The Morgan fingerprint density at radius 1 is 1.15 bits per heavy atom. The van der Waals surface area contributed by atoms with Crippen molar-refractivity contribution in [3.05, 3.63) is 47.5 Å². The lowest BCUT2D eigenvalue weighted by Crippen LogP contribution is -2.43. The lowest BCUT2D eigenvalue weighted by atomic mass is 9.98. The first kappa shape index (κ1) is 22.5. The number of hydrogen-bond acceptors (Lipinski definition) is 8. The lowest BCUT2D eigenvalue weighted by molar-refractivity contribution is -0.0464. The molecule has 33 heavy (non-hydrogen) atoms. The summed E-state index contributed by atoms with van der Waals surface area (Å²) in [6.45, 7) is 5.35. The fraction of sp³-hybridized carbons (Fsp3) is 0.522. The van der Waals surface area contributed by atoms with Gasteiger partial charge in [0, 0.05) is 18.1 Å². The fourth-order valence-electron chi connectivity index (χ4n) is 4.61. The van der Waals surface area contributed by atoms with Crippen molar-refractivity contribution in [2.75, 3.05) is 25.0 Å². The molecule has 0 saturated carbocycles. The molecule has 2 aliphatic heterocycles. The van der Waals surface area contributed by atoms with Gasteiger partial charge in [0.15, 0.2) is 23.2 Å². The van der Waals surface area contributed by atoms with Crippen LogP contribution in [0.2, 0.25) is 5.02 Å². The first-order valence-electron chi connectivity index (χ1n) is 11.4. The third-order valence-corrected chi connectivity index (χ3v) is 6.87. The highest BCUT2D eigenvalue weighted by Gasteiger charge is 2.45. The van der Waals surface area contributed by atoms with Crippen LogP contribution in [0.3, 0.4) is 0 Å². The largest absolute Gasteiger partial charge is 0.387 e. The van der Waals surface area contributed by atoms with E-state index in [1.54, 1.807) is 10.9 Å². The first-order valence-corrected chi connectivity index (χ1v) is 11.8. The molecular weight excluding hydrogens is 444 g/mol. The van der Waals surface area contributed by atoms with E-state index in [0.717, 1.165) is 37.4 Å². The summed E-state index contributed by atoms with van der Waals surface area (Å²) >= 11 is 6.07. The zero-order valence-electron chi connectivity index (χ0n) is 18.5. The number of imidazole rings is 1. The van der Waals surface area contributed by atoms with Gasteiger partial charge in [-0.25, -0.2) is 15.0 Å². The van der Waals surface area contributed by atoms with Gasteiger partial charge in [0.1, 0.15) is 24.6 Å². The van der Waals surface area contributed by atoms with Crippen LogP contribution in [0, 0.1) is 5.92 Å². The number of halogens is 1. The molecule has 0 unspecified atom stereocenters. The number of rotatable bonds is 6. The van der Waals surface area contributed by atoms with Gasteiger partial charge in [-0.2, -0.15) is 0 Å². The number of anilines is 1. The van der Waals surface area contributed by atoms with Crippen LogP contribution in [-0.4, -0.2) is 72.6 Å². The Hall–Kier alpha value is -2.30. The van der Waals surface area contributed by atoms with Gasteiger partial charge < -0.3 is 25.2 Å². The Morgan fingerprint density at radius 2 is 1.97 bits per heavy atom. The summed E-state index contributed by atoms with van der Waals surface area (Å²) in [6, 6.07) is 7.59. The molecule has 0 amide bonds. The summed E-state index contributed by atoms with van der Waals surface area (Å²) in [7, 11) is 0. The van der Waals surface area contributed by atoms with Gasteiger partial charge in [-0.15, -0.1) is 0 Å². The van der Waals surface area contributed by atoms with Crippen molar-refractivity contribution < 1.29 is 14.9 Å². The number of ether oxygens (including phenoxy) is 1. The van der Waals surface area contributed by atoms with Crippen LogP contribution in [0.5, 0.6) is 0 Å². The van der Waals surface area contributed by atoms with Crippen molar-refractivity contribution in [3.8, 4) is 0 Å². The molecule has 4 atom stereocenters. The highest BCUT2D eigenvalue weighted by atomic mass is 35.5. The van der Waals surface area contributed by atoms with E-state index in [1.165, 1.54) is 6.33 Å². The standard InChI is InChI=1S/C23H29ClN6O3/c1-14-5-7-29(8-6-14)11-17-19(31)20(32)23(33-17)30-13-28-18-21(26-12-27-22(18)30)25-10-15-3-2-4-16(24)9-15/h2-4,9,12-14,17,19-20,23,31-32H,5-8,10-11H2,1H3,(H,25,26,27)/t17-,19-,20-,23-/m1/s1. The number of aliphatic hydroxyl groups excluding tert-OH is 2. The monoisotopic (exact) mass is 472 g/mol. The molecule has 0 aliphatic carbocycles. The summed E-state index contributed by atoms with van der Waals surface area (Å²) in [5.41, 5.74) is 2.11. The molecule has 0 spiro atoms. The minimum atomic E-state index is -1.08. The normalized spacial score (nSPS) is 26.8. The van der Waals surface area contributed by atoms with Crippen LogP contribution >= 0.6 is 11.6 Å². The summed E-state index contributed by atoms with van der Waals surface area (Å²) in [6.07, 6.45) is 2.02. The third kappa shape index (κ3) is 4.69. The van der Waals surface area contributed by atoms with E-state index in [4.69, 9.17) is 16.3 Å². The first-order chi connectivity index (χ1) is 16.0. The second-order valence-corrected chi connectivity index (χ2v) is 9.50. The second kappa shape index (κ2) is 9.52. The van der Waals surface area contributed by atoms with E-state index in [2.05, 4.69) is 32.1 Å². The number of hydrogen-bond donors (Lipinski definition) is 3. The topological polar surface area (TPSA) is 109 Å². The molecule has 0 bridgehead atoms. The maximum atomic E-state index is 10.8. The summed E-state index contributed by atoms with van der Waals surface area (Å²) in [4.78, 5) is 15.5. The second-order valence-electron chi connectivity index (χ2n) is 9.06. The zero-order chi connectivity index (χ0) is 22.9. The molecule has 2 aromatic heterocycles. The van der Waals surface area contributed by atoms with E-state index in [9.17, 15) is 10.2 Å². The van der Waals surface area contributed by atoms with Gasteiger partial charge >= 0.3 is 0 Å². The Bertz CT molecular complexity index is 1100. The molecule has 176 valence electrons. The van der Waals surface area contributed by atoms with Gasteiger partial charge in [-0.3, -0.25) is 4.57 Å². The smallest absolute Gasteiger partial charge is 0.167 e. The lowest BCUT2D eigenvalue weighted by Gasteiger charge is -2.32. The molecule has 0 radical (unpaired) electrons. The van der Waals surface area contributed by atoms with Crippen LogP contribution in [-0.2, 0) is 11.3 Å². The summed E-state index contributed by atoms with van der Waals surface area (Å²) in [5.74, 6) is 1.30. The number of nitrogens with zero attached hydrogens (tertiary/aromatic N) is 5. The minimum Gasteiger partial charge on any atom is -0.387 e. The van der Waals surface area contributed by atoms with Gasteiger partial charge in [0.05, 0.1) is 6.33 Å². The highest BCUT2D eigenvalue weighted by molar-refractivity contribution is 6.30. The van der Waals surface area contributed by atoms with Crippen LogP contribution in [0.25, 0.3) is 11.2 Å². The summed E-state index contributed by atoms with van der Waals surface area (Å²) < 4.78 is 7.81. The van der Waals surface area contributed by atoms with Crippen molar-refractivity contribution in [2.45, 2.75) is 50.8 Å². The molecule has 4 heterocycles. The van der Waals surface area contributed by atoms with Crippen molar-refractivity contribution >= 4 is 28.6 Å². The predicted octanol–water partition coefficient (Wildman–Crippen LogP) is 2.44. The predicted molar refractivity (Wildman–Crippen MR) is 125 cm³/mol. The van der Waals surface area contributed by atoms with Gasteiger partial charge in [-0.1, -0.05) is 30.7 Å². The number of piperidine rings is 1. The number of fused-ring (bicyclic) bond motifs is 1. The molecular formula is C23H29ClN6O3. The molecule has 2 aliphatic rings. The number of benzene rings is 1. The third-order valence-electron chi connectivity index (χ3n) is 6.63. The van der Waals surface area contributed by atoms with Crippen molar-refractivity contribution in [2.24, 2.45) is 5.92 Å². The van der Waals surface area contributed by atoms with E-state index in [1.807, 2.05) is 24.3 Å². The fourth-order valence-corrected chi connectivity index (χ4v) is 4.82. The summed E-state index contributed by atoms with van der Waals surface area (Å²) in [5, 5.41) is 25.4.